The second-order valence-corrected chi connectivity index (χ2v) is 7.51. The van der Waals surface area contributed by atoms with Gasteiger partial charge in [-0.15, -0.1) is 0 Å². The first-order chi connectivity index (χ1) is 14.5. The Balaban J connectivity index is 1.59. The van der Waals surface area contributed by atoms with Crippen molar-refractivity contribution in [2.75, 3.05) is 0 Å². The van der Waals surface area contributed by atoms with Crippen molar-refractivity contribution in [3.8, 4) is 5.75 Å². The summed E-state index contributed by atoms with van der Waals surface area (Å²) in [5, 5.41) is 15.9. The number of aromatic hydroxyl groups is 1. The van der Waals surface area contributed by atoms with E-state index in [0.29, 0.717) is 16.6 Å². The number of nitrogens with zero attached hydrogens (tertiary/aromatic N) is 2. The molecule has 1 aromatic heterocycles. The number of aromatic nitrogens is 1. The number of carbonyl (C=O) groups excluding carboxylic acids is 1. The number of halogens is 2. The number of rotatable bonds is 5. The number of phenolic OH excluding ortho intramolecular Hbond substituents is 1. The van der Waals surface area contributed by atoms with Gasteiger partial charge in [0.25, 0.3) is 5.91 Å². The van der Waals surface area contributed by atoms with E-state index in [4.69, 9.17) is 23.2 Å². The minimum Gasteiger partial charge on any atom is -0.507 e. The van der Waals surface area contributed by atoms with Crippen LogP contribution in [0.1, 0.15) is 21.5 Å². The molecule has 3 aromatic carbocycles. The summed E-state index contributed by atoms with van der Waals surface area (Å²) in [5.74, 6) is -0.577. The molecule has 0 aliphatic heterocycles. The molecule has 0 unspecified atom stereocenters. The van der Waals surface area contributed by atoms with Crippen molar-refractivity contribution in [1.82, 2.24) is 9.99 Å². The van der Waals surface area contributed by atoms with E-state index in [0.717, 1.165) is 22.0 Å². The van der Waals surface area contributed by atoms with Gasteiger partial charge in [-0.05, 0) is 35.9 Å². The van der Waals surface area contributed by atoms with Crippen molar-refractivity contribution in [1.29, 1.82) is 0 Å². The molecule has 0 bridgehead atoms. The van der Waals surface area contributed by atoms with Crippen molar-refractivity contribution in [3.05, 3.63) is 99.7 Å². The van der Waals surface area contributed by atoms with Crippen LogP contribution in [0.3, 0.4) is 0 Å². The minimum atomic E-state index is -0.483. The molecule has 0 saturated heterocycles. The average molecular weight is 438 g/mol. The van der Waals surface area contributed by atoms with Gasteiger partial charge < -0.3 is 9.67 Å². The highest BCUT2D eigenvalue weighted by Crippen LogP contribution is 2.25. The summed E-state index contributed by atoms with van der Waals surface area (Å²) < 4.78 is 2.08. The third kappa shape index (κ3) is 4.17. The lowest BCUT2D eigenvalue weighted by Gasteiger charge is -2.06. The molecule has 4 aromatic rings. The predicted molar refractivity (Wildman–Crippen MR) is 121 cm³/mol. The van der Waals surface area contributed by atoms with E-state index in [1.807, 2.05) is 42.6 Å². The standard InChI is InChI=1S/C23H17Cl2N3O2/c24-19-10-9-15(11-20(19)25)13-28-14-16(17-5-1-3-7-21(17)28)12-26-27-23(30)18-6-2-4-8-22(18)29/h1-12,14,29H,13H2,(H,27,30)/b26-12-. The van der Waals surface area contributed by atoms with Crippen molar-refractivity contribution in [3.63, 3.8) is 0 Å². The van der Waals surface area contributed by atoms with Crippen molar-refractivity contribution < 1.29 is 9.90 Å². The quantitative estimate of drug-likeness (QED) is 0.321. The molecule has 30 heavy (non-hydrogen) atoms. The third-order valence-corrected chi connectivity index (χ3v) is 5.41. The Bertz CT molecular complexity index is 1260. The molecular weight excluding hydrogens is 421 g/mol. The van der Waals surface area contributed by atoms with Crippen LogP contribution in [-0.2, 0) is 6.54 Å². The summed E-state index contributed by atoms with van der Waals surface area (Å²) >= 11 is 12.2. The largest absolute Gasteiger partial charge is 0.507 e. The Morgan fingerprint density at radius 3 is 2.60 bits per heavy atom. The van der Waals surface area contributed by atoms with E-state index >= 15 is 0 Å². The lowest BCUT2D eigenvalue weighted by atomic mass is 10.2. The van der Waals surface area contributed by atoms with Gasteiger partial charge in [0.15, 0.2) is 0 Å². The van der Waals surface area contributed by atoms with Gasteiger partial charge in [0.05, 0.1) is 21.8 Å². The molecule has 0 aliphatic carbocycles. The summed E-state index contributed by atoms with van der Waals surface area (Å²) in [4.78, 5) is 12.2. The second-order valence-electron chi connectivity index (χ2n) is 6.69. The molecule has 2 N–H and O–H groups in total. The van der Waals surface area contributed by atoms with Gasteiger partial charge in [-0.3, -0.25) is 4.79 Å². The number of hydrogen-bond acceptors (Lipinski definition) is 3. The van der Waals surface area contributed by atoms with Crippen LogP contribution < -0.4 is 5.43 Å². The molecule has 5 nitrogen and oxygen atoms in total. The normalized spacial score (nSPS) is 11.3. The van der Waals surface area contributed by atoms with Crippen LogP contribution in [0.5, 0.6) is 5.75 Å². The molecule has 0 saturated carbocycles. The van der Waals surface area contributed by atoms with Gasteiger partial charge in [-0.1, -0.05) is 59.6 Å². The second kappa shape index (κ2) is 8.61. The van der Waals surface area contributed by atoms with Gasteiger partial charge in [0.1, 0.15) is 5.75 Å². The predicted octanol–water partition coefficient (Wildman–Crippen LogP) is 5.47. The summed E-state index contributed by atoms with van der Waals surface area (Å²) in [5.41, 5.74) is 5.51. The first-order valence-corrected chi connectivity index (χ1v) is 9.92. The molecule has 0 aliphatic rings. The Kier molecular flexibility index (Phi) is 5.74. The average Bonchev–Trinajstić information content (AvgIpc) is 3.08. The maximum absolute atomic E-state index is 12.2. The minimum absolute atomic E-state index is 0.0940. The first-order valence-electron chi connectivity index (χ1n) is 9.16. The smallest absolute Gasteiger partial charge is 0.275 e. The summed E-state index contributed by atoms with van der Waals surface area (Å²) in [6.07, 6.45) is 3.55. The Hall–Kier alpha value is -3.28. The maximum Gasteiger partial charge on any atom is 0.275 e. The fourth-order valence-electron chi connectivity index (χ4n) is 3.23. The topological polar surface area (TPSA) is 66.6 Å². The zero-order valence-corrected chi connectivity index (χ0v) is 17.2. The molecule has 0 fully saturated rings. The molecule has 0 spiro atoms. The van der Waals surface area contributed by atoms with Crippen LogP contribution in [-0.4, -0.2) is 21.8 Å². The maximum atomic E-state index is 12.2. The van der Waals surface area contributed by atoms with Gasteiger partial charge in [0, 0.05) is 29.2 Å². The molecule has 1 amide bonds. The lowest BCUT2D eigenvalue weighted by Crippen LogP contribution is -2.17. The van der Waals surface area contributed by atoms with Crippen molar-refractivity contribution in [2.45, 2.75) is 6.54 Å². The summed E-state index contributed by atoms with van der Waals surface area (Å²) in [6, 6.07) is 19.8. The van der Waals surface area contributed by atoms with E-state index in [1.54, 1.807) is 24.4 Å². The van der Waals surface area contributed by atoms with E-state index in [1.165, 1.54) is 12.1 Å². The molecule has 0 radical (unpaired) electrons. The van der Waals surface area contributed by atoms with Gasteiger partial charge >= 0.3 is 0 Å². The number of carbonyl (C=O) groups is 1. The van der Waals surface area contributed by atoms with E-state index in [9.17, 15) is 9.90 Å². The number of hydrazone groups is 1. The SMILES string of the molecule is O=C(N/N=C\c1cn(Cc2ccc(Cl)c(Cl)c2)c2ccccc12)c1ccccc1O. The monoisotopic (exact) mass is 437 g/mol. The number of fused-ring (bicyclic) bond motifs is 1. The number of para-hydroxylation sites is 2. The van der Waals surface area contributed by atoms with E-state index in [-0.39, 0.29) is 11.3 Å². The highest BCUT2D eigenvalue weighted by molar-refractivity contribution is 6.42. The van der Waals surface area contributed by atoms with Crippen LogP contribution in [0.15, 0.2) is 78.0 Å². The zero-order chi connectivity index (χ0) is 21.1. The van der Waals surface area contributed by atoms with Gasteiger partial charge in [-0.2, -0.15) is 5.10 Å². The van der Waals surface area contributed by atoms with Crippen molar-refractivity contribution in [2.24, 2.45) is 5.10 Å². The Morgan fingerprint density at radius 1 is 1.03 bits per heavy atom. The van der Waals surface area contributed by atoms with E-state index in [2.05, 4.69) is 15.1 Å². The highest BCUT2D eigenvalue weighted by atomic mass is 35.5. The highest BCUT2D eigenvalue weighted by Gasteiger charge is 2.10. The lowest BCUT2D eigenvalue weighted by molar-refractivity contribution is 0.0952. The molecule has 4 rings (SSSR count). The van der Waals surface area contributed by atoms with Crippen molar-refractivity contribution >= 4 is 46.2 Å². The van der Waals surface area contributed by atoms with Gasteiger partial charge in [-0.25, -0.2) is 5.43 Å². The van der Waals surface area contributed by atoms with Crippen LogP contribution in [0.25, 0.3) is 10.9 Å². The number of phenols is 1. The van der Waals surface area contributed by atoms with E-state index < -0.39 is 5.91 Å². The fourth-order valence-corrected chi connectivity index (χ4v) is 3.55. The fraction of sp³-hybridized carbons (Fsp3) is 0.0435. The molecule has 0 atom stereocenters. The molecule has 1 heterocycles. The number of nitrogens with one attached hydrogen (secondary N) is 1. The Labute approximate surface area is 183 Å². The van der Waals surface area contributed by atoms with Crippen LogP contribution >= 0.6 is 23.2 Å². The molecular formula is C23H17Cl2N3O2. The number of hydrogen-bond donors (Lipinski definition) is 2. The number of benzene rings is 3. The number of amides is 1. The molecule has 150 valence electrons. The van der Waals surface area contributed by atoms with Crippen LogP contribution in [0.4, 0.5) is 0 Å². The zero-order valence-electron chi connectivity index (χ0n) is 15.7. The first kappa shape index (κ1) is 20.0. The van der Waals surface area contributed by atoms with Gasteiger partial charge in [0.2, 0.25) is 0 Å². The van der Waals surface area contributed by atoms with Crippen LogP contribution in [0.2, 0.25) is 10.0 Å². The van der Waals surface area contributed by atoms with Crippen LogP contribution in [0, 0.1) is 0 Å². The molecule has 7 heteroatoms. The summed E-state index contributed by atoms with van der Waals surface area (Å²) in [6.45, 7) is 0.607. The Morgan fingerprint density at radius 2 is 1.80 bits per heavy atom. The third-order valence-electron chi connectivity index (χ3n) is 4.67. The summed E-state index contributed by atoms with van der Waals surface area (Å²) in [7, 11) is 0.